The Morgan fingerprint density at radius 3 is 2.69 bits per heavy atom. The molecule has 2 aromatic carbocycles. The normalized spacial score (nSPS) is 11.8. The van der Waals surface area contributed by atoms with Crippen molar-refractivity contribution in [1.82, 2.24) is 25.5 Å². The molecule has 1 aromatic heterocycles. The number of amides is 1. The van der Waals surface area contributed by atoms with E-state index in [0.717, 1.165) is 17.0 Å². The number of hydrogen-bond donors (Lipinski definition) is 1. The van der Waals surface area contributed by atoms with Crippen molar-refractivity contribution in [3.63, 3.8) is 0 Å². The molecule has 0 aliphatic heterocycles. The van der Waals surface area contributed by atoms with Gasteiger partial charge in [0.2, 0.25) is 11.1 Å². The van der Waals surface area contributed by atoms with Gasteiger partial charge in [0, 0.05) is 12.1 Å². The minimum atomic E-state index is -0.349. The molecule has 26 heavy (non-hydrogen) atoms. The number of nitrogens with zero attached hydrogens (tertiary/aromatic N) is 4. The van der Waals surface area contributed by atoms with Gasteiger partial charge in [0.1, 0.15) is 5.75 Å². The molecule has 1 atom stereocenters. The minimum absolute atomic E-state index is 0.0940. The lowest BCUT2D eigenvalue weighted by molar-refractivity contribution is -0.120. The number of tetrazole rings is 1. The summed E-state index contributed by atoms with van der Waals surface area (Å²) in [4.78, 5) is 12.4. The van der Waals surface area contributed by atoms with Crippen LogP contribution in [0.4, 0.5) is 0 Å². The molecular weight excluding hydrogens is 350 g/mol. The van der Waals surface area contributed by atoms with Gasteiger partial charge in [0.25, 0.3) is 0 Å². The van der Waals surface area contributed by atoms with Crippen molar-refractivity contribution in [1.29, 1.82) is 0 Å². The summed E-state index contributed by atoms with van der Waals surface area (Å²) >= 11 is 1.31. The van der Waals surface area contributed by atoms with E-state index >= 15 is 0 Å². The molecule has 0 spiro atoms. The third kappa shape index (κ3) is 4.20. The molecule has 8 heteroatoms. The molecule has 1 amide bonds. The molecular formula is C18H19N5O2S. The highest BCUT2D eigenvalue weighted by Gasteiger charge is 2.19. The maximum absolute atomic E-state index is 12.4. The lowest BCUT2D eigenvalue weighted by Gasteiger charge is -2.13. The summed E-state index contributed by atoms with van der Waals surface area (Å²) in [7, 11) is 1.61. The summed E-state index contributed by atoms with van der Waals surface area (Å²) in [6.45, 7) is 2.23. The van der Waals surface area contributed by atoms with Crippen molar-refractivity contribution in [2.45, 2.75) is 23.9 Å². The van der Waals surface area contributed by atoms with E-state index in [9.17, 15) is 4.79 Å². The van der Waals surface area contributed by atoms with Gasteiger partial charge in [-0.2, -0.15) is 4.68 Å². The average molecular weight is 369 g/mol. The number of para-hydroxylation sites is 2. The number of hydrogen-bond acceptors (Lipinski definition) is 6. The molecule has 0 saturated heterocycles. The van der Waals surface area contributed by atoms with Crippen LogP contribution in [0.5, 0.6) is 5.75 Å². The van der Waals surface area contributed by atoms with Crippen LogP contribution < -0.4 is 10.1 Å². The van der Waals surface area contributed by atoms with Gasteiger partial charge in [-0.25, -0.2) is 0 Å². The quantitative estimate of drug-likeness (QED) is 0.644. The number of nitrogens with one attached hydrogen (secondary N) is 1. The first-order valence-electron chi connectivity index (χ1n) is 8.09. The highest BCUT2D eigenvalue weighted by atomic mass is 32.2. The van der Waals surface area contributed by atoms with E-state index in [1.807, 2.05) is 61.5 Å². The zero-order chi connectivity index (χ0) is 18.4. The lowest BCUT2D eigenvalue weighted by atomic mass is 10.2. The number of rotatable bonds is 7. The van der Waals surface area contributed by atoms with Crippen LogP contribution in [0.15, 0.2) is 59.8 Å². The highest BCUT2D eigenvalue weighted by molar-refractivity contribution is 8.00. The molecule has 7 nitrogen and oxygen atoms in total. The SMILES string of the molecule is COc1ccccc1CNC(=O)[C@@H](C)Sc1nnnn1-c1ccccc1. The molecule has 0 aliphatic carbocycles. The van der Waals surface area contributed by atoms with Crippen molar-refractivity contribution in [2.24, 2.45) is 0 Å². The first-order valence-corrected chi connectivity index (χ1v) is 8.97. The number of carbonyl (C=O) groups is 1. The third-order valence-corrected chi connectivity index (χ3v) is 4.77. The monoisotopic (exact) mass is 369 g/mol. The summed E-state index contributed by atoms with van der Waals surface area (Å²) in [5.74, 6) is 0.657. The zero-order valence-corrected chi connectivity index (χ0v) is 15.3. The minimum Gasteiger partial charge on any atom is -0.496 e. The molecule has 134 valence electrons. The number of benzene rings is 2. The van der Waals surface area contributed by atoms with Crippen LogP contribution in [-0.2, 0) is 11.3 Å². The van der Waals surface area contributed by atoms with Gasteiger partial charge >= 0.3 is 0 Å². The van der Waals surface area contributed by atoms with E-state index in [-0.39, 0.29) is 11.2 Å². The number of carbonyl (C=O) groups excluding carboxylic acids is 1. The van der Waals surface area contributed by atoms with Crippen molar-refractivity contribution in [3.05, 3.63) is 60.2 Å². The molecule has 0 unspecified atom stereocenters. The zero-order valence-electron chi connectivity index (χ0n) is 14.5. The number of methoxy groups -OCH3 is 1. The van der Waals surface area contributed by atoms with E-state index in [1.165, 1.54) is 11.8 Å². The maximum atomic E-state index is 12.4. The van der Waals surface area contributed by atoms with Crippen molar-refractivity contribution >= 4 is 17.7 Å². The number of thioether (sulfide) groups is 1. The Bertz CT molecular complexity index is 869. The standard InChI is InChI=1S/C18H19N5O2S/c1-13(17(24)19-12-14-8-6-7-11-16(14)25-2)26-18-20-21-22-23(18)15-9-4-3-5-10-15/h3-11,13H,12H2,1-2H3,(H,19,24)/t13-/m1/s1. The molecule has 3 aromatic rings. The number of ether oxygens (including phenoxy) is 1. The van der Waals surface area contributed by atoms with Crippen LogP contribution >= 0.6 is 11.8 Å². The Labute approximate surface area is 155 Å². The summed E-state index contributed by atoms with van der Waals surface area (Å²) in [5.41, 5.74) is 1.77. The van der Waals surface area contributed by atoms with Gasteiger partial charge in [-0.05, 0) is 35.5 Å². The van der Waals surface area contributed by atoms with Gasteiger partial charge in [-0.1, -0.05) is 48.2 Å². The second kappa shape index (κ2) is 8.48. The first-order chi connectivity index (χ1) is 12.7. The van der Waals surface area contributed by atoms with Crippen LogP contribution in [0.3, 0.4) is 0 Å². The molecule has 0 saturated carbocycles. The Kier molecular flexibility index (Phi) is 5.85. The molecule has 0 bridgehead atoms. The summed E-state index contributed by atoms with van der Waals surface area (Å²) in [5, 5.41) is 14.9. The largest absolute Gasteiger partial charge is 0.496 e. The van der Waals surface area contributed by atoms with Crippen molar-refractivity contribution in [2.75, 3.05) is 7.11 Å². The van der Waals surface area contributed by atoms with Crippen LogP contribution in [0.25, 0.3) is 5.69 Å². The summed E-state index contributed by atoms with van der Waals surface area (Å²) < 4.78 is 6.92. The average Bonchev–Trinajstić information content (AvgIpc) is 3.15. The predicted octanol–water partition coefficient (Wildman–Crippen LogP) is 2.47. The van der Waals surface area contributed by atoms with Crippen molar-refractivity contribution in [3.8, 4) is 11.4 Å². The van der Waals surface area contributed by atoms with E-state index in [1.54, 1.807) is 11.8 Å². The molecule has 0 fully saturated rings. The predicted molar refractivity (Wildman–Crippen MR) is 99.3 cm³/mol. The van der Waals surface area contributed by atoms with Crippen LogP contribution in [-0.4, -0.2) is 38.5 Å². The van der Waals surface area contributed by atoms with Gasteiger partial charge in [0.15, 0.2) is 0 Å². The fourth-order valence-corrected chi connectivity index (χ4v) is 3.20. The second-order valence-corrected chi connectivity index (χ2v) is 6.81. The summed E-state index contributed by atoms with van der Waals surface area (Å²) in [6, 6.07) is 17.2. The van der Waals surface area contributed by atoms with Crippen LogP contribution in [0.1, 0.15) is 12.5 Å². The van der Waals surface area contributed by atoms with E-state index < -0.39 is 0 Å². The Morgan fingerprint density at radius 2 is 1.92 bits per heavy atom. The molecule has 1 heterocycles. The van der Waals surface area contributed by atoms with Gasteiger partial charge in [-0.15, -0.1) is 5.10 Å². The first kappa shape index (κ1) is 17.9. The third-order valence-electron chi connectivity index (χ3n) is 3.74. The van der Waals surface area contributed by atoms with Gasteiger partial charge in [-0.3, -0.25) is 4.79 Å². The Hall–Kier alpha value is -2.87. The maximum Gasteiger partial charge on any atom is 0.233 e. The van der Waals surface area contributed by atoms with Gasteiger partial charge < -0.3 is 10.1 Å². The number of aromatic nitrogens is 4. The molecule has 1 N–H and O–H groups in total. The van der Waals surface area contributed by atoms with Crippen LogP contribution in [0, 0.1) is 0 Å². The smallest absolute Gasteiger partial charge is 0.233 e. The molecule has 0 aliphatic rings. The molecule has 3 rings (SSSR count). The fourth-order valence-electron chi connectivity index (χ4n) is 2.37. The summed E-state index contributed by atoms with van der Waals surface area (Å²) in [6.07, 6.45) is 0. The van der Waals surface area contributed by atoms with Crippen LogP contribution in [0.2, 0.25) is 0 Å². The highest BCUT2D eigenvalue weighted by Crippen LogP contribution is 2.23. The topological polar surface area (TPSA) is 81.9 Å². The van der Waals surface area contributed by atoms with E-state index in [2.05, 4.69) is 20.8 Å². The Balaban J connectivity index is 1.63. The lowest BCUT2D eigenvalue weighted by Crippen LogP contribution is -2.30. The van der Waals surface area contributed by atoms with Gasteiger partial charge in [0.05, 0.1) is 18.0 Å². The molecule has 0 radical (unpaired) electrons. The van der Waals surface area contributed by atoms with Crippen molar-refractivity contribution < 1.29 is 9.53 Å². The fraction of sp³-hybridized carbons (Fsp3) is 0.222. The van der Waals surface area contributed by atoms with E-state index in [0.29, 0.717) is 11.7 Å². The second-order valence-electron chi connectivity index (χ2n) is 5.50. The Morgan fingerprint density at radius 1 is 1.19 bits per heavy atom. The van der Waals surface area contributed by atoms with E-state index in [4.69, 9.17) is 4.74 Å².